The van der Waals surface area contributed by atoms with Crippen LogP contribution in [0.2, 0.25) is 0 Å². The molecule has 0 aliphatic carbocycles. The van der Waals surface area contributed by atoms with E-state index in [0.717, 1.165) is 5.65 Å². The van der Waals surface area contributed by atoms with Crippen molar-refractivity contribution in [2.45, 2.75) is 6.92 Å². The molecule has 15 heavy (non-hydrogen) atoms. The quantitative estimate of drug-likeness (QED) is 0.503. The summed E-state index contributed by atoms with van der Waals surface area (Å²) in [6.45, 7) is 2.13. The molecule has 0 unspecified atom stereocenters. The topological polar surface area (TPSA) is 21.9 Å². The fraction of sp³-hybridized carbons (Fsp3) is 0.167. The summed E-state index contributed by atoms with van der Waals surface area (Å²) in [5.41, 5.74) is 2.43. The van der Waals surface area contributed by atoms with Crippen LogP contribution >= 0.6 is 0 Å². The lowest BCUT2D eigenvalue weighted by Crippen LogP contribution is -2.18. The lowest BCUT2D eigenvalue weighted by molar-refractivity contribution is -0.511. The first-order valence-corrected chi connectivity index (χ1v) is 4.99. The van der Waals surface area contributed by atoms with Crippen molar-refractivity contribution in [2.75, 3.05) is 0 Å². The molecule has 0 radical (unpaired) electrons. The predicted octanol–water partition coefficient (Wildman–Crippen LogP) is 1.62. The summed E-state index contributed by atoms with van der Waals surface area (Å²) >= 11 is 0. The summed E-state index contributed by atoms with van der Waals surface area (Å²) < 4.78 is 3.96. The standard InChI is InChI=1S/C12H12N3/c1-9-4-3-5-10-6-7-15-8-13-14(2)12(15)11(9)10/h3-8H,1-2H3/q+1. The van der Waals surface area contributed by atoms with Gasteiger partial charge in [0.25, 0.3) is 12.0 Å². The van der Waals surface area contributed by atoms with Gasteiger partial charge in [-0.1, -0.05) is 18.2 Å². The summed E-state index contributed by atoms with van der Waals surface area (Å²) in [6, 6.07) is 8.48. The predicted molar refractivity (Wildman–Crippen MR) is 58.6 cm³/mol. The molecule has 0 saturated heterocycles. The molecular formula is C12H12N3+. The van der Waals surface area contributed by atoms with Gasteiger partial charge in [-0.3, -0.25) is 0 Å². The van der Waals surface area contributed by atoms with Gasteiger partial charge in [0.2, 0.25) is 0 Å². The van der Waals surface area contributed by atoms with Crippen LogP contribution in [0.1, 0.15) is 5.56 Å². The molecule has 3 aromatic rings. The van der Waals surface area contributed by atoms with Gasteiger partial charge < -0.3 is 0 Å². The molecule has 74 valence electrons. The highest BCUT2D eigenvalue weighted by molar-refractivity contribution is 5.94. The number of pyridine rings is 1. The Kier molecular flexibility index (Phi) is 1.57. The minimum Gasteiger partial charge on any atom is -0.203 e. The second-order valence-corrected chi connectivity index (χ2v) is 3.84. The van der Waals surface area contributed by atoms with E-state index < -0.39 is 0 Å². The first kappa shape index (κ1) is 8.41. The number of hydrogen-bond donors (Lipinski definition) is 0. The number of nitrogens with zero attached hydrogens (tertiary/aromatic N) is 3. The highest BCUT2D eigenvalue weighted by atomic mass is 15.3. The van der Waals surface area contributed by atoms with Crippen molar-refractivity contribution in [1.29, 1.82) is 0 Å². The van der Waals surface area contributed by atoms with Gasteiger partial charge in [-0.15, -0.1) is 4.68 Å². The largest absolute Gasteiger partial charge is 0.272 e. The third kappa shape index (κ3) is 1.06. The lowest BCUT2D eigenvalue weighted by Gasteiger charge is -2.00. The Bertz CT molecular complexity index is 652. The van der Waals surface area contributed by atoms with Gasteiger partial charge in [-0.2, -0.15) is 0 Å². The molecule has 0 fully saturated rings. The summed E-state index contributed by atoms with van der Waals surface area (Å²) in [7, 11) is 1.97. The molecule has 3 nitrogen and oxygen atoms in total. The fourth-order valence-electron chi connectivity index (χ4n) is 2.10. The Hall–Kier alpha value is -1.90. The van der Waals surface area contributed by atoms with E-state index in [9.17, 15) is 0 Å². The van der Waals surface area contributed by atoms with Crippen LogP contribution in [-0.4, -0.2) is 9.78 Å². The molecule has 2 heterocycles. The van der Waals surface area contributed by atoms with E-state index in [4.69, 9.17) is 0 Å². The number of rotatable bonds is 0. The molecule has 0 bridgehead atoms. The SMILES string of the molecule is Cc1cccc2cc[n+]3cnn(C)c3c12. The zero-order valence-corrected chi connectivity index (χ0v) is 8.81. The van der Waals surface area contributed by atoms with Crippen LogP contribution in [-0.2, 0) is 7.05 Å². The summed E-state index contributed by atoms with van der Waals surface area (Å²) in [5.74, 6) is 0. The maximum atomic E-state index is 4.27. The van der Waals surface area contributed by atoms with E-state index >= 15 is 0 Å². The number of aromatic nitrogens is 3. The van der Waals surface area contributed by atoms with E-state index in [1.165, 1.54) is 16.3 Å². The van der Waals surface area contributed by atoms with E-state index in [1.807, 2.05) is 24.3 Å². The lowest BCUT2D eigenvalue weighted by atomic mass is 10.1. The Labute approximate surface area is 87.6 Å². The van der Waals surface area contributed by atoms with Crippen LogP contribution in [0.4, 0.5) is 0 Å². The first-order valence-electron chi connectivity index (χ1n) is 4.99. The summed E-state index contributed by atoms with van der Waals surface area (Å²) in [5, 5.41) is 6.81. The molecule has 0 amide bonds. The van der Waals surface area contributed by atoms with Crippen molar-refractivity contribution in [3.05, 3.63) is 42.4 Å². The van der Waals surface area contributed by atoms with Crippen molar-refractivity contribution in [3.63, 3.8) is 0 Å². The van der Waals surface area contributed by atoms with E-state index in [0.29, 0.717) is 0 Å². The summed E-state index contributed by atoms with van der Waals surface area (Å²) in [4.78, 5) is 0. The van der Waals surface area contributed by atoms with E-state index in [1.54, 1.807) is 0 Å². The van der Waals surface area contributed by atoms with Crippen molar-refractivity contribution in [3.8, 4) is 0 Å². The third-order valence-corrected chi connectivity index (χ3v) is 2.84. The van der Waals surface area contributed by atoms with Crippen molar-refractivity contribution < 1.29 is 4.40 Å². The Morgan fingerprint density at radius 2 is 2.13 bits per heavy atom. The van der Waals surface area contributed by atoms with Gasteiger partial charge in [0, 0.05) is 5.10 Å². The van der Waals surface area contributed by atoms with Crippen LogP contribution < -0.4 is 4.40 Å². The monoisotopic (exact) mass is 198 g/mol. The molecule has 0 aliphatic heterocycles. The Balaban J connectivity index is 2.68. The van der Waals surface area contributed by atoms with Crippen LogP contribution in [0, 0.1) is 6.92 Å². The maximum Gasteiger partial charge on any atom is 0.272 e. The van der Waals surface area contributed by atoms with Crippen LogP contribution in [0.15, 0.2) is 36.8 Å². The average Bonchev–Trinajstić information content (AvgIpc) is 2.61. The molecule has 0 atom stereocenters. The van der Waals surface area contributed by atoms with Gasteiger partial charge in [-0.05, 0) is 23.9 Å². The van der Waals surface area contributed by atoms with Crippen LogP contribution in [0.5, 0.6) is 0 Å². The minimum atomic E-state index is 1.14. The van der Waals surface area contributed by atoms with E-state index in [2.05, 4.69) is 40.7 Å². The third-order valence-electron chi connectivity index (χ3n) is 2.84. The zero-order chi connectivity index (χ0) is 10.4. The van der Waals surface area contributed by atoms with Gasteiger partial charge in [-0.25, -0.2) is 4.40 Å². The molecule has 0 aliphatic rings. The molecule has 3 heteroatoms. The normalized spacial score (nSPS) is 11.3. The second kappa shape index (κ2) is 2.79. The molecule has 1 aromatic carbocycles. The molecule has 0 N–H and O–H groups in total. The number of aryl methyl sites for hydroxylation is 2. The summed E-state index contributed by atoms with van der Waals surface area (Å²) in [6.07, 6.45) is 3.88. The van der Waals surface area contributed by atoms with Gasteiger partial charge in [0.05, 0.1) is 18.6 Å². The van der Waals surface area contributed by atoms with Crippen molar-refractivity contribution in [2.24, 2.45) is 7.05 Å². The average molecular weight is 198 g/mol. The number of benzene rings is 1. The molecule has 3 rings (SSSR count). The Morgan fingerprint density at radius 1 is 1.27 bits per heavy atom. The first-order chi connectivity index (χ1) is 7.27. The Morgan fingerprint density at radius 3 is 3.00 bits per heavy atom. The molecule has 0 spiro atoms. The number of fused-ring (bicyclic) bond motifs is 3. The van der Waals surface area contributed by atoms with Gasteiger partial charge in [0.15, 0.2) is 0 Å². The molecule has 0 saturated carbocycles. The van der Waals surface area contributed by atoms with Gasteiger partial charge >= 0.3 is 0 Å². The minimum absolute atomic E-state index is 1.14. The fourth-order valence-corrected chi connectivity index (χ4v) is 2.10. The van der Waals surface area contributed by atoms with Crippen molar-refractivity contribution >= 4 is 16.4 Å². The maximum absolute atomic E-state index is 4.27. The molecule has 2 aromatic heterocycles. The zero-order valence-electron chi connectivity index (χ0n) is 8.81. The smallest absolute Gasteiger partial charge is 0.203 e. The van der Waals surface area contributed by atoms with Crippen molar-refractivity contribution in [1.82, 2.24) is 9.78 Å². The number of hydrogen-bond acceptors (Lipinski definition) is 1. The van der Waals surface area contributed by atoms with Crippen LogP contribution in [0.25, 0.3) is 16.4 Å². The second-order valence-electron chi connectivity index (χ2n) is 3.84. The highest BCUT2D eigenvalue weighted by Crippen LogP contribution is 2.19. The van der Waals surface area contributed by atoms with Crippen LogP contribution in [0.3, 0.4) is 0 Å². The highest BCUT2D eigenvalue weighted by Gasteiger charge is 2.12. The van der Waals surface area contributed by atoms with E-state index in [-0.39, 0.29) is 0 Å². The van der Waals surface area contributed by atoms with Gasteiger partial charge in [0.1, 0.15) is 0 Å². The molecular weight excluding hydrogens is 186 g/mol.